The van der Waals surface area contributed by atoms with Crippen LogP contribution in [0.1, 0.15) is 11.1 Å². The van der Waals surface area contributed by atoms with Gasteiger partial charge in [0.2, 0.25) is 0 Å². The lowest BCUT2D eigenvalue weighted by Crippen LogP contribution is -2.00. The van der Waals surface area contributed by atoms with Gasteiger partial charge in [0.25, 0.3) is 0 Å². The van der Waals surface area contributed by atoms with E-state index in [2.05, 4.69) is 10.1 Å². The van der Waals surface area contributed by atoms with Crippen LogP contribution in [0.2, 0.25) is 0 Å². The van der Waals surface area contributed by atoms with E-state index in [1.807, 2.05) is 32.2 Å². The van der Waals surface area contributed by atoms with Gasteiger partial charge in [-0.1, -0.05) is 23.9 Å². The number of nitrogens with zero attached hydrogens (tertiary/aromatic N) is 3. The molecule has 0 spiro atoms. The van der Waals surface area contributed by atoms with Crippen molar-refractivity contribution in [3.05, 3.63) is 52.1 Å². The lowest BCUT2D eigenvalue weighted by Gasteiger charge is -2.05. The zero-order valence-electron chi connectivity index (χ0n) is 11.2. The number of fused-ring (bicyclic) bond motifs is 1. The highest BCUT2D eigenvalue weighted by Crippen LogP contribution is 2.25. The third-order valence-corrected chi connectivity index (χ3v) is 4.10. The molecule has 0 aliphatic rings. The van der Waals surface area contributed by atoms with E-state index in [-0.39, 0.29) is 5.63 Å². The Balaban J connectivity index is 1.98. The Hall–Kier alpha value is -2.08. The lowest BCUT2D eigenvalue weighted by atomic mass is 10.1. The second-order valence-corrected chi connectivity index (χ2v) is 5.49. The van der Waals surface area contributed by atoms with Crippen molar-refractivity contribution in [2.45, 2.75) is 17.8 Å². The molecule has 0 aliphatic heterocycles. The lowest BCUT2D eigenvalue weighted by molar-refractivity contribution is 0.559. The van der Waals surface area contributed by atoms with Gasteiger partial charge in [0.1, 0.15) is 11.9 Å². The van der Waals surface area contributed by atoms with Crippen LogP contribution in [0.4, 0.5) is 0 Å². The normalized spacial score (nSPS) is 11.1. The van der Waals surface area contributed by atoms with E-state index in [1.165, 1.54) is 6.33 Å². The number of hydrogen-bond acceptors (Lipinski definition) is 5. The monoisotopic (exact) mass is 287 g/mol. The Bertz CT molecular complexity index is 823. The fraction of sp³-hybridized carbons (Fsp3) is 0.214. The molecule has 1 aromatic carbocycles. The summed E-state index contributed by atoms with van der Waals surface area (Å²) in [5.74, 6) is 0.650. The Kier molecular flexibility index (Phi) is 3.31. The van der Waals surface area contributed by atoms with Gasteiger partial charge in [-0.2, -0.15) is 5.10 Å². The van der Waals surface area contributed by atoms with Gasteiger partial charge in [0.15, 0.2) is 5.16 Å². The molecule has 3 aromatic rings. The van der Waals surface area contributed by atoms with Crippen molar-refractivity contribution in [3.63, 3.8) is 0 Å². The molecule has 3 rings (SSSR count). The Morgan fingerprint density at radius 2 is 2.20 bits per heavy atom. The molecule has 0 fully saturated rings. The number of benzene rings is 1. The second kappa shape index (κ2) is 5.13. The maximum Gasteiger partial charge on any atom is 0.336 e. The Morgan fingerprint density at radius 1 is 1.35 bits per heavy atom. The summed E-state index contributed by atoms with van der Waals surface area (Å²) >= 11 is 1.54. The molecule has 0 radical (unpaired) electrons. The van der Waals surface area contributed by atoms with Gasteiger partial charge < -0.3 is 4.42 Å². The van der Waals surface area contributed by atoms with Gasteiger partial charge in [0, 0.05) is 24.3 Å². The van der Waals surface area contributed by atoms with Crippen LogP contribution in [0.15, 0.2) is 45.0 Å². The minimum absolute atomic E-state index is 0.323. The van der Waals surface area contributed by atoms with E-state index in [9.17, 15) is 4.79 Å². The number of aromatic nitrogens is 3. The standard InChI is InChI=1S/C14H13N3O2S/c1-9-3-4-11-10(6-13(18)19-12(11)5-9)7-20-14-15-8-16-17(14)2/h3-6,8H,7H2,1-2H3. The fourth-order valence-electron chi connectivity index (χ4n) is 2.02. The maximum absolute atomic E-state index is 11.6. The van der Waals surface area contributed by atoms with Gasteiger partial charge in [0.05, 0.1) is 0 Å². The molecule has 0 saturated heterocycles. The molecular formula is C14H13N3O2S. The average molecular weight is 287 g/mol. The van der Waals surface area contributed by atoms with Crippen LogP contribution >= 0.6 is 11.8 Å². The molecular weight excluding hydrogens is 274 g/mol. The summed E-state index contributed by atoms with van der Waals surface area (Å²) < 4.78 is 6.96. The van der Waals surface area contributed by atoms with E-state index in [0.29, 0.717) is 11.3 Å². The maximum atomic E-state index is 11.6. The van der Waals surface area contributed by atoms with E-state index < -0.39 is 0 Å². The Labute approximate surface area is 119 Å². The number of thioether (sulfide) groups is 1. The average Bonchev–Trinajstić information content (AvgIpc) is 2.80. The second-order valence-electron chi connectivity index (χ2n) is 4.55. The molecule has 20 heavy (non-hydrogen) atoms. The van der Waals surface area contributed by atoms with Crippen molar-refractivity contribution in [3.8, 4) is 0 Å². The predicted octanol–water partition coefficient (Wildman–Crippen LogP) is 2.52. The van der Waals surface area contributed by atoms with E-state index >= 15 is 0 Å². The first-order valence-corrected chi connectivity index (χ1v) is 7.12. The molecule has 2 heterocycles. The highest BCUT2D eigenvalue weighted by Gasteiger charge is 2.08. The van der Waals surface area contributed by atoms with Gasteiger partial charge in [-0.25, -0.2) is 14.5 Å². The van der Waals surface area contributed by atoms with E-state index in [4.69, 9.17) is 4.42 Å². The molecule has 0 aliphatic carbocycles. The fourth-order valence-corrected chi connectivity index (χ4v) is 2.89. The predicted molar refractivity (Wildman–Crippen MR) is 77.8 cm³/mol. The minimum Gasteiger partial charge on any atom is -0.423 e. The molecule has 0 atom stereocenters. The van der Waals surface area contributed by atoms with Gasteiger partial charge in [-0.3, -0.25) is 0 Å². The summed E-state index contributed by atoms with van der Waals surface area (Å²) in [6, 6.07) is 7.42. The molecule has 102 valence electrons. The molecule has 2 aromatic heterocycles. The Morgan fingerprint density at radius 3 is 2.95 bits per heavy atom. The first kappa shape index (κ1) is 12.9. The van der Waals surface area contributed by atoms with Crippen LogP contribution in [0.5, 0.6) is 0 Å². The van der Waals surface area contributed by atoms with Gasteiger partial charge >= 0.3 is 5.63 Å². The zero-order valence-corrected chi connectivity index (χ0v) is 12.0. The molecule has 6 heteroatoms. The van der Waals surface area contributed by atoms with Crippen molar-refractivity contribution in [1.82, 2.24) is 14.8 Å². The quantitative estimate of drug-likeness (QED) is 0.547. The number of rotatable bonds is 3. The summed E-state index contributed by atoms with van der Waals surface area (Å²) in [7, 11) is 1.84. The molecule has 5 nitrogen and oxygen atoms in total. The molecule has 0 amide bonds. The van der Waals surface area contributed by atoms with Crippen molar-refractivity contribution in [2.75, 3.05) is 0 Å². The molecule has 0 bridgehead atoms. The highest BCUT2D eigenvalue weighted by molar-refractivity contribution is 7.98. The molecule has 0 N–H and O–H groups in total. The summed E-state index contributed by atoms with van der Waals surface area (Å²) in [5, 5.41) is 5.81. The van der Waals surface area contributed by atoms with Crippen LogP contribution in [0.25, 0.3) is 11.0 Å². The van der Waals surface area contributed by atoms with Crippen molar-refractivity contribution in [2.24, 2.45) is 7.05 Å². The largest absolute Gasteiger partial charge is 0.423 e. The van der Waals surface area contributed by atoms with Crippen molar-refractivity contribution in [1.29, 1.82) is 0 Å². The van der Waals surface area contributed by atoms with Crippen LogP contribution in [0, 0.1) is 6.92 Å². The molecule has 0 saturated carbocycles. The minimum atomic E-state index is -0.323. The number of aryl methyl sites for hydroxylation is 2. The number of hydrogen-bond donors (Lipinski definition) is 0. The first-order valence-electron chi connectivity index (χ1n) is 6.13. The first-order chi connectivity index (χ1) is 9.63. The van der Waals surface area contributed by atoms with Crippen LogP contribution < -0.4 is 5.63 Å². The van der Waals surface area contributed by atoms with E-state index in [0.717, 1.165) is 21.7 Å². The summed E-state index contributed by atoms with van der Waals surface area (Å²) in [6.45, 7) is 1.97. The third-order valence-electron chi connectivity index (χ3n) is 3.01. The SMILES string of the molecule is Cc1ccc2c(CSc3ncnn3C)cc(=O)oc2c1. The zero-order chi connectivity index (χ0) is 14.1. The van der Waals surface area contributed by atoms with Gasteiger partial charge in [-0.05, 0) is 24.1 Å². The summed E-state index contributed by atoms with van der Waals surface area (Å²) in [5.41, 5.74) is 2.32. The summed E-state index contributed by atoms with van der Waals surface area (Å²) in [4.78, 5) is 15.8. The smallest absolute Gasteiger partial charge is 0.336 e. The van der Waals surface area contributed by atoms with E-state index in [1.54, 1.807) is 22.5 Å². The topological polar surface area (TPSA) is 60.9 Å². The van der Waals surface area contributed by atoms with Crippen LogP contribution in [0.3, 0.4) is 0 Å². The van der Waals surface area contributed by atoms with Crippen molar-refractivity contribution >= 4 is 22.7 Å². The highest BCUT2D eigenvalue weighted by atomic mass is 32.2. The van der Waals surface area contributed by atoms with Crippen LogP contribution in [-0.4, -0.2) is 14.8 Å². The summed E-state index contributed by atoms with van der Waals surface area (Å²) in [6.07, 6.45) is 1.52. The van der Waals surface area contributed by atoms with Crippen LogP contribution in [-0.2, 0) is 12.8 Å². The van der Waals surface area contributed by atoms with Crippen molar-refractivity contribution < 1.29 is 4.42 Å². The van der Waals surface area contributed by atoms with Gasteiger partial charge in [-0.15, -0.1) is 0 Å². The third kappa shape index (κ3) is 2.46. The molecule has 0 unspecified atom stereocenters.